The molecule has 1 aromatic heterocycles. The maximum absolute atomic E-state index is 11.3. The maximum Gasteiger partial charge on any atom is 0.341 e. The van der Waals surface area contributed by atoms with Gasteiger partial charge in [-0.25, -0.2) is 4.79 Å². The fourth-order valence-electron chi connectivity index (χ4n) is 2.27. The van der Waals surface area contributed by atoms with Crippen LogP contribution in [0.3, 0.4) is 0 Å². The Morgan fingerprint density at radius 2 is 2.05 bits per heavy atom. The van der Waals surface area contributed by atoms with Crippen molar-refractivity contribution in [1.82, 2.24) is 9.78 Å². The van der Waals surface area contributed by atoms with Gasteiger partial charge in [-0.2, -0.15) is 5.10 Å². The van der Waals surface area contributed by atoms with Gasteiger partial charge in [0.15, 0.2) is 0 Å². The lowest BCUT2D eigenvalue weighted by molar-refractivity contribution is 0.0697. The van der Waals surface area contributed by atoms with Gasteiger partial charge in [0.1, 0.15) is 11.4 Å². The van der Waals surface area contributed by atoms with Crippen LogP contribution >= 0.6 is 0 Å². The highest BCUT2D eigenvalue weighted by Gasteiger charge is 2.19. The molecular formula is C15H19N3O2. The number of aromatic carboxylic acids is 1. The van der Waals surface area contributed by atoms with Gasteiger partial charge in [-0.05, 0) is 18.4 Å². The molecule has 0 aliphatic heterocycles. The standard InChI is InChI=1S/C15H19N3O2/c1-10(12-7-5-4-6-8-12)9-16-14-13(15(19)20)11(2)17-18(14)3/h4-8,10,16H,9H2,1-3H3,(H,19,20). The molecule has 5 nitrogen and oxygen atoms in total. The van der Waals surface area contributed by atoms with E-state index >= 15 is 0 Å². The Morgan fingerprint density at radius 3 is 2.65 bits per heavy atom. The highest BCUT2D eigenvalue weighted by Crippen LogP contribution is 2.21. The second kappa shape index (κ2) is 5.77. The minimum Gasteiger partial charge on any atom is -0.477 e. The fraction of sp³-hybridized carbons (Fsp3) is 0.333. The predicted octanol–water partition coefficient (Wildman–Crippen LogP) is 2.64. The second-order valence-corrected chi connectivity index (χ2v) is 4.93. The van der Waals surface area contributed by atoms with Crippen LogP contribution in [0.25, 0.3) is 0 Å². The van der Waals surface area contributed by atoms with Crippen LogP contribution < -0.4 is 5.32 Å². The molecule has 2 aromatic rings. The molecule has 0 bridgehead atoms. The molecule has 0 aliphatic rings. The lowest BCUT2D eigenvalue weighted by Gasteiger charge is -2.14. The van der Waals surface area contributed by atoms with Gasteiger partial charge in [-0.15, -0.1) is 0 Å². The van der Waals surface area contributed by atoms with E-state index in [1.54, 1.807) is 18.7 Å². The first-order chi connectivity index (χ1) is 9.50. The van der Waals surface area contributed by atoms with E-state index in [2.05, 4.69) is 29.5 Å². The van der Waals surface area contributed by atoms with Crippen LogP contribution in [-0.2, 0) is 7.05 Å². The molecule has 2 N–H and O–H groups in total. The Bertz CT molecular complexity index is 605. The molecule has 20 heavy (non-hydrogen) atoms. The van der Waals surface area contributed by atoms with E-state index < -0.39 is 5.97 Å². The SMILES string of the molecule is Cc1nn(C)c(NCC(C)c2ccccc2)c1C(=O)O. The lowest BCUT2D eigenvalue weighted by Crippen LogP contribution is -2.14. The first kappa shape index (κ1) is 14.1. The molecule has 0 spiro atoms. The summed E-state index contributed by atoms with van der Waals surface area (Å²) in [6.45, 7) is 4.46. The molecule has 0 aliphatic carbocycles. The number of aryl methyl sites for hydroxylation is 2. The quantitative estimate of drug-likeness (QED) is 0.878. The van der Waals surface area contributed by atoms with Crippen LogP contribution in [0.4, 0.5) is 5.82 Å². The van der Waals surface area contributed by atoms with Crippen LogP contribution in [-0.4, -0.2) is 27.4 Å². The summed E-state index contributed by atoms with van der Waals surface area (Å²) in [6.07, 6.45) is 0. The van der Waals surface area contributed by atoms with E-state index in [4.69, 9.17) is 0 Å². The van der Waals surface area contributed by atoms with Crippen LogP contribution in [0, 0.1) is 6.92 Å². The summed E-state index contributed by atoms with van der Waals surface area (Å²) in [4.78, 5) is 11.3. The number of hydrogen-bond acceptors (Lipinski definition) is 3. The van der Waals surface area contributed by atoms with Gasteiger partial charge >= 0.3 is 5.97 Å². The van der Waals surface area contributed by atoms with Gasteiger partial charge in [0.2, 0.25) is 0 Å². The number of carboxylic acid groups (broad SMARTS) is 1. The van der Waals surface area contributed by atoms with Gasteiger partial charge in [-0.1, -0.05) is 37.3 Å². The molecule has 1 atom stereocenters. The van der Waals surface area contributed by atoms with E-state index in [-0.39, 0.29) is 11.5 Å². The van der Waals surface area contributed by atoms with Gasteiger partial charge in [-0.3, -0.25) is 4.68 Å². The zero-order chi connectivity index (χ0) is 14.7. The largest absolute Gasteiger partial charge is 0.477 e. The van der Waals surface area contributed by atoms with Crippen LogP contribution in [0.5, 0.6) is 0 Å². The van der Waals surface area contributed by atoms with Crippen molar-refractivity contribution in [2.45, 2.75) is 19.8 Å². The Labute approximate surface area is 118 Å². The molecule has 1 unspecified atom stereocenters. The smallest absolute Gasteiger partial charge is 0.341 e. The number of anilines is 1. The maximum atomic E-state index is 11.3. The third-order valence-corrected chi connectivity index (χ3v) is 3.38. The van der Waals surface area contributed by atoms with E-state index in [1.807, 2.05) is 18.2 Å². The summed E-state index contributed by atoms with van der Waals surface area (Å²) < 4.78 is 1.58. The average molecular weight is 273 g/mol. The van der Waals surface area contributed by atoms with Gasteiger partial charge < -0.3 is 10.4 Å². The average Bonchev–Trinajstić information content (AvgIpc) is 2.71. The van der Waals surface area contributed by atoms with Gasteiger partial charge in [0.05, 0.1) is 5.69 Å². The minimum absolute atomic E-state index is 0.243. The topological polar surface area (TPSA) is 67.2 Å². The van der Waals surface area contributed by atoms with Crippen molar-refractivity contribution in [2.75, 3.05) is 11.9 Å². The Balaban J connectivity index is 2.14. The third kappa shape index (κ3) is 2.82. The molecule has 1 aromatic carbocycles. The number of hydrogen-bond donors (Lipinski definition) is 2. The van der Waals surface area contributed by atoms with E-state index in [0.29, 0.717) is 18.1 Å². The number of carbonyl (C=O) groups is 1. The van der Waals surface area contributed by atoms with Crippen LogP contribution in [0.1, 0.15) is 34.5 Å². The van der Waals surface area contributed by atoms with Gasteiger partial charge in [0.25, 0.3) is 0 Å². The van der Waals surface area contributed by atoms with Crippen molar-refractivity contribution in [3.05, 3.63) is 47.2 Å². The summed E-state index contributed by atoms with van der Waals surface area (Å²) in [7, 11) is 1.74. The van der Waals surface area contributed by atoms with Crippen molar-refractivity contribution in [3.8, 4) is 0 Å². The predicted molar refractivity (Wildman–Crippen MR) is 78.3 cm³/mol. The first-order valence-electron chi connectivity index (χ1n) is 6.56. The zero-order valence-corrected chi connectivity index (χ0v) is 11.9. The fourth-order valence-corrected chi connectivity index (χ4v) is 2.27. The summed E-state index contributed by atoms with van der Waals surface area (Å²) in [6, 6.07) is 10.1. The number of nitrogens with one attached hydrogen (secondary N) is 1. The monoisotopic (exact) mass is 273 g/mol. The molecule has 0 radical (unpaired) electrons. The van der Waals surface area contributed by atoms with Crippen molar-refractivity contribution < 1.29 is 9.90 Å². The van der Waals surface area contributed by atoms with Crippen LogP contribution in [0.15, 0.2) is 30.3 Å². The van der Waals surface area contributed by atoms with Crippen molar-refractivity contribution >= 4 is 11.8 Å². The Kier molecular flexibility index (Phi) is 4.08. The zero-order valence-electron chi connectivity index (χ0n) is 11.9. The molecule has 2 rings (SSSR count). The number of nitrogens with zero attached hydrogens (tertiary/aromatic N) is 2. The summed E-state index contributed by atoms with van der Waals surface area (Å²) in [5, 5.41) is 16.6. The minimum atomic E-state index is -0.953. The van der Waals surface area contributed by atoms with E-state index in [9.17, 15) is 9.90 Å². The molecule has 1 heterocycles. The molecular weight excluding hydrogens is 254 g/mol. The van der Waals surface area contributed by atoms with Crippen LogP contribution in [0.2, 0.25) is 0 Å². The summed E-state index contributed by atoms with van der Waals surface area (Å²) in [5.41, 5.74) is 1.98. The molecule has 0 fully saturated rings. The highest BCUT2D eigenvalue weighted by molar-refractivity contribution is 5.94. The first-order valence-corrected chi connectivity index (χ1v) is 6.56. The molecule has 106 valence electrons. The molecule has 5 heteroatoms. The number of rotatable bonds is 5. The second-order valence-electron chi connectivity index (χ2n) is 4.93. The number of carboxylic acids is 1. The number of aromatic nitrogens is 2. The number of benzene rings is 1. The summed E-state index contributed by atoms with van der Waals surface area (Å²) in [5.74, 6) is -0.115. The summed E-state index contributed by atoms with van der Waals surface area (Å²) >= 11 is 0. The Hall–Kier alpha value is -2.30. The normalized spacial score (nSPS) is 12.2. The Morgan fingerprint density at radius 1 is 1.40 bits per heavy atom. The molecule has 0 saturated carbocycles. The van der Waals surface area contributed by atoms with Crippen molar-refractivity contribution in [1.29, 1.82) is 0 Å². The molecule has 0 saturated heterocycles. The van der Waals surface area contributed by atoms with Gasteiger partial charge in [0, 0.05) is 13.6 Å². The molecule has 0 amide bonds. The third-order valence-electron chi connectivity index (χ3n) is 3.38. The van der Waals surface area contributed by atoms with Crippen molar-refractivity contribution in [2.24, 2.45) is 7.05 Å². The van der Waals surface area contributed by atoms with E-state index in [1.165, 1.54) is 5.56 Å². The van der Waals surface area contributed by atoms with E-state index in [0.717, 1.165) is 0 Å². The highest BCUT2D eigenvalue weighted by atomic mass is 16.4. The lowest BCUT2D eigenvalue weighted by atomic mass is 10.0. The van der Waals surface area contributed by atoms with Crippen molar-refractivity contribution in [3.63, 3.8) is 0 Å².